The van der Waals surface area contributed by atoms with E-state index in [2.05, 4.69) is 0 Å². The van der Waals surface area contributed by atoms with Crippen molar-refractivity contribution in [1.29, 1.82) is 0 Å². The molecule has 1 saturated heterocycles. The van der Waals surface area contributed by atoms with Crippen LogP contribution in [-0.4, -0.2) is 11.8 Å². The van der Waals surface area contributed by atoms with Gasteiger partial charge in [0, 0.05) is 0 Å². The number of amides is 2. The molecule has 3 rings (SSSR count). The minimum atomic E-state index is -1.25. The molecule has 2 N–H and O–H groups in total. The molecule has 4 nitrogen and oxygen atoms in total. The summed E-state index contributed by atoms with van der Waals surface area (Å²) in [4.78, 5) is 25.6. The molecule has 0 bridgehead atoms. The van der Waals surface area contributed by atoms with E-state index < -0.39 is 41.0 Å². The van der Waals surface area contributed by atoms with Crippen LogP contribution in [0.3, 0.4) is 0 Å². The van der Waals surface area contributed by atoms with Crippen molar-refractivity contribution in [3.8, 4) is 0 Å². The zero-order valence-electron chi connectivity index (χ0n) is 11.6. The lowest BCUT2D eigenvalue weighted by molar-refractivity contribution is -0.123. The molecule has 1 aliphatic carbocycles. The van der Waals surface area contributed by atoms with Gasteiger partial charge in [0.1, 0.15) is 5.69 Å². The number of carbonyl (C=O) groups excluding carboxylic acids is 2. The van der Waals surface area contributed by atoms with Crippen LogP contribution >= 0.6 is 0 Å². The maximum atomic E-state index is 14.0. The molecule has 1 aromatic carbocycles. The summed E-state index contributed by atoms with van der Waals surface area (Å²) in [5, 5.41) is 0. The summed E-state index contributed by atoms with van der Waals surface area (Å²) >= 11 is 0. The van der Waals surface area contributed by atoms with Crippen LogP contribution in [0.1, 0.15) is 26.2 Å². The van der Waals surface area contributed by atoms with E-state index in [1.54, 1.807) is 0 Å². The Morgan fingerprint density at radius 1 is 1.19 bits per heavy atom. The molecule has 21 heavy (non-hydrogen) atoms. The third-order valence-corrected chi connectivity index (χ3v) is 4.64. The molecule has 0 aromatic heterocycles. The number of rotatable bonds is 2. The van der Waals surface area contributed by atoms with Gasteiger partial charge in [0.05, 0.1) is 17.5 Å². The minimum absolute atomic E-state index is 0.109. The second-order valence-electron chi connectivity index (χ2n) is 5.77. The molecule has 1 saturated carbocycles. The third-order valence-electron chi connectivity index (χ3n) is 4.64. The van der Waals surface area contributed by atoms with E-state index in [1.807, 2.05) is 6.92 Å². The number of nitrogens with two attached hydrogens (primary N) is 1. The van der Waals surface area contributed by atoms with Gasteiger partial charge in [0.15, 0.2) is 11.6 Å². The molecule has 2 unspecified atom stereocenters. The predicted molar refractivity (Wildman–Crippen MR) is 73.3 cm³/mol. The second kappa shape index (κ2) is 4.79. The highest BCUT2D eigenvalue weighted by atomic mass is 19.2. The zero-order chi connectivity index (χ0) is 15.3. The van der Waals surface area contributed by atoms with Crippen molar-refractivity contribution in [3.63, 3.8) is 0 Å². The Hall–Kier alpha value is -1.98. The average Bonchev–Trinajstić information content (AvgIpc) is 2.98. The normalized spacial score (nSPS) is 28.3. The number of nitrogen functional groups attached to an aromatic ring is 1. The Morgan fingerprint density at radius 3 is 2.29 bits per heavy atom. The van der Waals surface area contributed by atoms with Gasteiger partial charge in [-0.05, 0) is 30.9 Å². The van der Waals surface area contributed by atoms with Crippen LogP contribution in [0.4, 0.5) is 20.2 Å². The molecule has 2 fully saturated rings. The number of imide groups is 1. The van der Waals surface area contributed by atoms with Crippen LogP contribution in [0.25, 0.3) is 0 Å². The Kier molecular flexibility index (Phi) is 3.19. The first-order valence-corrected chi connectivity index (χ1v) is 7.07. The maximum Gasteiger partial charge on any atom is 0.237 e. The van der Waals surface area contributed by atoms with E-state index in [0.717, 1.165) is 23.5 Å². The molecular formula is C15H16F2N2O2. The standard InChI is InChI=1S/C15H16F2N2O2/c1-2-7-5-8-9(6-7)15(21)19(14(8)20)13-11(18)4-3-10(16)12(13)17/h3-4,7-9H,2,5-6,18H2,1H3. The topological polar surface area (TPSA) is 63.4 Å². The van der Waals surface area contributed by atoms with Gasteiger partial charge in [-0.15, -0.1) is 0 Å². The average molecular weight is 294 g/mol. The SMILES string of the molecule is CCC1CC2C(=O)N(c3c(N)ccc(F)c3F)C(=O)C2C1. The molecule has 0 radical (unpaired) electrons. The van der Waals surface area contributed by atoms with Crippen LogP contribution in [-0.2, 0) is 9.59 Å². The summed E-state index contributed by atoms with van der Waals surface area (Å²) in [6.45, 7) is 2.02. The molecule has 2 aliphatic rings. The summed E-state index contributed by atoms with van der Waals surface area (Å²) < 4.78 is 27.4. The van der Waals surface area contributed by atoms with Gasteiger partial charge in [-0.3, -0.25) is 9.59 Å². The lowest BCUT2D eigenvalue weighted by atomic mass is 10.00. The molecular weight excluding hydrogens is 278 g/mol. The molecule has 2 amide bonds. The molecule has 1 aliphatic heterocycles. The Bertz CT molecular complexity index is 608. The van der Waals surface area contributed by atoms with Gasteiger partial charge in [0.2, 0.25) is 11.8 Å². The minimum Gasteiger partial charge on any atom is -0.397 e. The number of hydrogen-bond donors (Lipinski definition) is 1. The Morgan fingerprint density at radius 2 is 1.76 bits per heavy atom. The van der Waals surface area contributed by atoms with Crippen molar-refractivity contribution in [2.45, 2.75) is 26.2 Å². The van der Waals surface area contributed by atoms with Crippen LogP contribution in [0.5, 0.6) is 0 Å². The molecule has 0 spiro atoms. The van der Waals surface area contributed by atoms with Crippen LogP contribution in [0.15, 0.2) is 12.1 Å². The largest absolute Gasteiger partial charge is 0.397 e. The lowest BCUT2D eigenvalue weighted by Crippen LogP contribution is -2.33. The van der Waals surface area contributed by atoms with E-state index in [-0.39, 0.29) is 5.69 Å². The third kappa shape index (κ3) is 1.92. The molecule has 6 heteroatoms. The quantitative estimate of drug-likeness (QED) is 0.673. The summed E-state index contributed by atoms with van der Waals surface area (Å²) in [5.74, 6) is -3.81. The Balaban J connectivity index is 2.01. The van der Waals surface area contributed by atoms with E-state index in [1.165, 1.54) is 0 Å². The number of fused-ring (bicyclic) bond motifs is 1. The predicted octanol–water partition coefficient (Wildman–Crippen LogP) is 2.47. The van der Waals surface area contributed by atoms with E-state index in [4.69, 9.17) is 5.73 Å². The van der Waals surface area contributed by atoms with Crippen molar-refractivity contribution in [2.75, 3.05) is 10.6 Å². The summed E-state index contributed by atoms with van der Waals surface area (Å²) in [5.41, 5.74) is 5.10. The first-order valence-electron chi connectivity index (χ1n) is 7.07. The zero-order valence-corrected chi connectivity index (χ0v) is 11.6. The van der Waals surface area contributed by atoms with Gasteiger partial charge in [0.25, 0.3) is 0 Å². The van der Waals surface area contributed by atoms with E-state index in [0.29, 0.717) is 18.8 Å². The summed E-state index contributed by atoms with van der Waals surface area (Å²) in [6, 6.07) is 2.05. The number of halogens is 2. The van der Waals surface area contributed by atoms with Gasteiger partial charge in [-0.25, -0.2) is 13.7 Å². The highest BCUT2D eigenvalue weighted by Gasteiger charge is 2.53. The Labute approximate surface area is 120 Å². The first kappa shape index (κ1) is 14.0. The van der Waals surface area contributed by atoms with Crippen LogP contribution in [0.2, 0.25) is 0 Å². The van der Waals surface area contributed by atoms with Crippen molar-refractivity contribution >= 4 is 23.2 Å². The van der Waals surface area contributed by atoms with Gasteiger partial charge in [-0.1, -0.05) is 13.3 Å². The van der Waals surface area contributed by atoms with E-state index in [9.17, 15) is 18.4 Å². The summed E-state index contributed by atoms with van der Waals surface area (Å²) in [6.07, 6.45) is 2.15. The van der Waals surface area contributed by atoms with Crippen LogP contribution < -0.4 is 10.6 Å². The fourth-order valence-corrected chi connectivity index (χ4v) is 3.46. The van der Waals surface area contributed by atoms with Crippen molar-refractivity contribution in [2.24, 2.45) is 17.8 Å². The van der Waals surface area contributed by atoms with Gasteiger partial charge >= 0.3 is 0 Å². The number of benzene rings is 1. The number of nitrogens with zero attached hydrogens (tertiary/aromatic N) is 1. The van der Waals surface area contributed by atoms with Gasteiger partial charge < -0.3 is 5.73 Å². The molecule has 2 atom stereocenters. The van der Waals surface area contributed by atoms with Crippen LogP contribution in [0, 0.1) is 29.4 Å². The van der Waals surface area contributed by atoms with Crippen molar-refractivity contribution < 1.29 is 18.4 Å². The fourth-order valence-electron chi connectivity index (χ4n) is 3.46. The molecule has 1 heterocycles. The molecule has 112 valence electrons. The fraction of sp³-hybridized carbons (Fsp3) is 0.467. The number of anilines is 2. The highest BCUT2D eigenvalue weighted by molar-refractivity contribution is 6.23. The monoisotopic (exact) mass is 294 g/mol. The van der Waals surface area contributed by atoms with E-state index >= 15 is 0 Å². The van der Waals surface area contributed by atoms with Crippen molar-refractivity contribution in [3.05, 3.63) is 23.8 Å². The summed E-state index contributed by atoms with van der Waals surface area (Å²) in [7, 11) is 0. The number of carbonyl (C=O) groups is 2. The first-order chi connectivity index (χ1) is 9.95. The smallest absolute Gasteiger partial charge is 0.237 e. The highest BCUT2D eigenvalue weighted by Crippen LogP contribution is 2.46. The van der Waals surface area contributed by atoms with Crippen molar-refractivity contribution in [1.82, 2.24) is 0 Å². The molecule has 1 aromatic rings. The maximum absolute atomic E-state index is 14.0. The number of hydrogen-bond acceptors (Lipinski definition) is 3. The van der Waals surface area contributed by atoms with Gasteiger partial charge in [-0.2, -0.15) is 0 Å². The lowest BCUT2D eigenvalue weighted by Gasteiger charge is -2.20. The second-order valence-corrected chi connectivity index (χ2v) is 5.77.